The monoisotopic (exact) mass is 346 g/mol. The molecule has 0 bridgehead atoms. The van der Waals surface area contributed by atoms with Gasteiger partial charge in [0.1, 0.15) is 0 Å². The van der Waals surface area contributed by atoms with Crippen LogP contribution in [0.1, 0.15) is 52.5 Å². The first kappa shape index (κ1) is 19.9. The minimum Gasteiger partial charge on any atom is -0.373 e. The maximum atomic E-state index is 12.8. The van der Waals surface area contributed by atoms with E-state index in [4.69, 9.17) is 4.74 Å². The van der Waals surface area contributed by atoms with E-state index >= 15 is 0 Å². The molecule has 0 radical (unpaired) electrons. The Bertz CT molecular complexity index is 522. The van der Waals surface area contributed by atoms with Crippen LogP contribution in [-0.2, 0) is 9.53 Å². The maximum absolute atomic E-state index is 12.8. The molecule has 4 nitrogen and oxygen atoms in total. The Morgan fingerprint density at radius 3 is 2.32 bits per heavy atom. The Hall–Kier alpha value is -1.39. The molecule has 1 aromatic rings. The standard InChI is InChI=1S/C21H34N2O2/c1-15(2)20(23-13-17(4)25-18(5)14-23)21(24)22-12-11-16(3)19-9-7-6-8-10-19/h6-10,15-18,20H,11-14H2,1-5H3,(H,22,24). The molecule has 0 saturated carbocycles. The minimum atomic E-state index is -0.0826. The van der Waals surface area contributed by atoms with E-state index in [9.17, 15) is 4.79 Å². The quantitative estimate of drug-likeness (QED) is 0.822. The average molecular weight is 347 g/mol. The van der Waals surface area contributed by atoms with E-state index in [1.165, 1.54) is 5.56 Å². The smallest absolute Gasteiger partial charge is 0.237 e. The number of amides is 1. The second kappa shape index (κ2) is 9.35. The molecule has 1 heterocycles. The summed E-state index contributed by atoms with van der Waals surface area (Å²) in [6, 6.07) is 10.4. The van der Waals surface area contributed by atoms with Crippen LogP contribution < -0.4 is 5.32 Å². The molecule has 0 aromatic heterocycles. The summed E-state index contributed by atoms with van der Waals surface area (Å²) in [6.07, 6.45) is 1.31. The van der Waals surface area contributed by atoms with Gasteiger partial charge in [-0.05, 0) is 37.7 Å². The molecule has 25 heavy (non-hydrogen) atoms. The Labute approximate surface area is 152 Å². The van der Waals surface area contributed by atoms with Crippen molar-refractivity contribution in [1.29, 1.82) is 0 Å². The largest absolute Gasteiger partial charge is 0.373 e. The number of ether oxygens (including phenoxy) is 1. The van der Waals surface area contributed by atoms with Crippen LogP contribution in [0.15, 0.2) is 30.3 Å². The number of benzene rings is 1. The van der Waals surface area contributed by atoms with E-state index in [1.807, 2.05) is 6.07 Å². The Kier molecular flexibility index (Phi) is 7.45. The van der Waals surface area contributed by atoms with Crippen LogP contribution in [0.5, 0.6) is 0 Å². The van der Waals surface area contributed by atoms with Gasteiger partial charge >= 0.3 is 0 Å². The molecule has 1 saturated heterocycles. The van der Waals surface area contributed by atoms with Gasteiger partial charge in [0.2, 0.25) is 5.91 Å². The van der Waals surface area contributed by atoms with E-state index in [0.717, 1.165) is 19.5 Å². The van der Waals surface area contributed by atoms with Crippen LogP contribution >= 0.6 is 0 Å². The second-order valence-corrected chi connectivity index (χ2v) is 7.79. The number of nitrogens with zero attached hydrogens (tertiary/aromatic N) is 1. The number of hydrogen-bond acceptors (Lipinski definition) is 3. The fraction of sp³-hybridized carbons (Fsp3) is 0.667. The van der Waals surface area contributed by atoms with E-state index in [0.29, 0.717) is 12.5 Å². The highest BCUT2D eigenvalue weighted by Crippen LogP contribution is 2.20. The van der Waals surface area contributed by atoms with E-state index in [1.54, 1.807) is 0 Å². The maximum Gasteiger partial charge on any atom is 0.237 e. The summed E-state index contributed by atoms with van der Waals surface area (Å²) >= 11 is 0. The van der Waals surface area contributed by atoms with Gasteiger partial charge in [0.15, 0.2) is 0 Å². The molecule has 1 aromatic carbocycles. The van der Waals surface area contributed by atoms with Crippen molar-refractivity contribution in [1.82, 2.24) is 10.2 Å². The molecule has 0 spiro atoms. The van der Waals surface area contributed by atoms with Gasteiger partial charge in [0.25, 0.3) is 0 Å². The fourth-order valence-corrected chi connectivity index (χ4v) is 3.80. The Balaban J connectivity index is 1.88. The van der Waals surface area contributed by atoms with Crippen LogP contribution in [0.3, 0.4) is 0 Å². The summed E-state index contributed by atoms with van der Waals surface area (Å²) in [5.74, 6) is 0.878. The number of carbonyl (C=O) groups excluding carboxylic acids is 1. The zero-order chi connectivity index (χ0) is 18.4. The van der Waals surface area contributed by atoms with Gasteiger partial charge < -0.3 is 10.1 Å². The minimum absolute atomic E-state index is 0.0826. The highest BCUT2D eigenvalue weighted by Gasteiger charge is 2.33. The molecule has 1 N–H and O–H groups in total. The highest BCUT2D eigenvalue weighted by molar-refractivity contribution is 5.82. The molecule has 1 amide bonds. The third-order valence-corrected chi connectivity index (χ3v) is 4.99. The first-order chi connectivity index (χ1) is 11.9. The predicted octanol–water partition coefficient (Wildman–Crippen LogP) is 3.43. The lowest BCUT2D eigenvalue weighted by atomic mass is 9.97. The number of hydrogen-bond donors (Lipinski definition) is 1. The second-order valence-electron chi connectivity index (χ2n) is 7.79. The van der Waals surface area contributed by atoms with Crippen molar-refractivity contribution in [2.24, 2.45) is 5.92 Å². The number of nitrogens with one attached hydrogen (secondary N) is 1. The summed E-state index contributed by atoms with van der Waals surface area (Å²) in [5.41, 5.74) is 1.33. The molecular weight excluding hydrogens is 312 g/mol. The van der Waals surface area contributed by atoms with Crippen molar-refractivity contribution in [2.45, 2.75) is 65.2 Å². The van der Waals surface area contributed by atoms with Crippen LogP contribution in [0, 0.1) is 5.92 Å². The normalized spacial score (nSPS) is 24.1. The van der Waals surface area contributed by atoms with Crippen LogP contribution in [-0.4, -0.2) is 48.7 Å². The SMILES string of the molecule is CC1CN(C(C(=O)NCCC(C)c2ccccc2)C(C)C)CC(C)O1. The molecule has 4 heteroatoms. The van der Waals surface area contributed by atoms with Crippen molar-refractivity contribution in [2.75, 3.05) is 19.6 Å². The van der Waals surface area contributed by atoms with E-state index in [-0.39, 0.29) is 30.1 Å². The molecular formula is C21H34N2O2. The van der Waals surface area contributed by atoms with Crippen molar-refractivity contribution >= 4 is 5.91 Å². The lowest BCUT2D eigenvalue weighted by Gasteiger charge is -2.41. The zero-order valence-electron chi connectivity index (χ0n) is 16.4. The molecule has 2 rings (SSSR count). The summed E-state index contributed by atoms with van der Waals surface area (Å²) in [7, 11) is 0. The number of morpholine rings is 1. The number of carbonyl (C=O) groups is 1. The van der Waals surface area contributed by atoms with Crippen LogP contribution in [0.4, 0.5) is 0 Å². The van der Waals surface area contributed by atoms with E-state index in [2.05, 4.69) is 69.1 Å². The first-order valence-electron chi connectivity index (χ1n) is 9.60. The van der Waals surface area contributed by atoms with Gasteiger partial charge in [-0.15, -0.1) is 0 Å². The van der Waals surface area contributed by atoms with Crippen LogP contribution in [0.25, 0.3) is 0 Å². The van der Waals surface area contributed by atoms with Gasteiger partial charge in [-0.1, -0.05) is 51.1 Å². The first-order valence-corrected chi connectivity index (χ1v) is 9.60. The molecule has 1 aliphatic heterocycles. The van der Waals surface area contributed by atoms with Gasteiger partial charge in [0.05, 0.1) is 18.2 Å². The van der Waals surface area contributed by atoms with Gasteiger partial charge in [-0.2, -0.15) is 0 Å². The summed E-state index contributed by atoms with van der Waals surface area (Å²) in [4.78, 5) is 15.1. The van der Waals surface area contributed by atoms with Crippen molar-refractivity contribution in [3.63, 3.8) is 0 Å². The lowest BCUT2D eigenvalue weighted by Crippen LogP contribution is -2.57. The topological polar surface area (TPSA) is 41.6 Å². The predicted molar refractivity (Wildman–Crippen MR) is 103 cm³/mol. The third kappa shape index (κ3) is 5.82. The van der Waals surface area contributed by atoms with Crippen molar-refractivity contribution in [3.05, 3.63) is 35.9 Å². The van der Waals surface area contributed by atoms with Gasteiger partial charge in [0, 0.05) is 19.6 Å². The number of rotatable bonds is 7. The van der Waals surface area contributed by atoms with Crippen molar-refractivity contribution in [3.8, 4) is 0 Å². The fourth-order valence-electron chi connectivity index (χ4n) is 3.80. The van der Waals surface area contributed by atoms with Crippen molar-refractivity contribution < 1.29 is 9.53 Å². The lowest BCUT2D eigenvalue weighted by molar-refractivity contribution is -0.135. The highest BCUT2D eigenvalue weighted by atomic mass is 16.5. The molecule has 140 valence electrons. The molecule has 4 unspecified atom stereocenters. The molecule has 4 atom stereocenters. The van der Waals surface area contributed by atoms with Gasteiger partial charge in [-0.25, -0.2) is 0 Å². The van der Waals surface area contributed by atoms with Gasteiger partial charge in [-0.3, -0.25) is 9.69 Å². The zero-order valence-corrected chi connectivity index (χ0v) is 16.4. The summed E-state index contributed by atoms with van der Waals surface area (Å²) < 4.78 is 5.81. The average Bonchev–Trinajstić information content (AvgIpc) is 2.54. The molecule has 0 aliphatic carbocycles. The van der Waals surface area contributed by atoms with E-state index < -0.39 is 0 Å². The molecule has 1 fully saturated rings. The summed E-state index contributed by atoms with van der Waals surface area (Å²) in [5, 5.41) is 3.17. The van der Waals surface area contributed by atoms with Crippen LogP contribution in [0.2, 0.25) is 0 Å². The summed E-state index contributed by atoms with van der Waals surface area (Å²) in [6.45, 7) is 13.0. The third-order valence-electron chi connectivity index (χ3n) is 4.99. The Morgan fingerprint density at radius 2 is 1.76 bits per heavy atom. The Morgan fingerprint density at radius 1 is 1.16 bits per heavy atom. The molecule has 1 aliphatic rings.